The van der Waals surface area contributed by atoms with E-state index in [0.717, 1.165) is 16.9 Å². The standard InChI is InChI=1S/C16H16FNO2S/c1-10-3-6-15(19-2)11(7-10)9-20-12-4-5-13(16(18)21)14(17)8-12/h3-8H,9H2,1-2H3,(H2,18,21). The number of aryl methyl sites for hydroxylation is 1. The topological polar surface area (TPSA) is 44.5 Å². The largest absolute Gasteiger partial charge is 0.496 e. The Kier molecular flexibility index (Phi) is 4.75. The highest BCUT2D eigenvalue weighted by Gasteiger charge is 2.08. The number of methoxy groups -OCH3 is 1. The van der Waals surface area contributed by atoms with Crippen LogP contribution in [0.2, 0.25) is 0 Å². The normalized spacial score (nSPS) is 10.2. The predicted octanol–water partition coefficient (Wildman–Crippen LogP) is 3.36. The van der Waals surface area contributed by atoms with Gasteiger partial charge in [-0.05, 0) is 31.2 Å². The first-order chi connectivity index (χ1) is 10.0. The molecule has 0 heterocycles. The molecule has 0 aromatic heterocycles. The minimum atomic E-state index is -0.490. The third kappa shape index (κ3) is 3.70. The van der Waals surface area contributed by atoms with Crippen LogP contribution in [0, 0.1) is 12.7 Å². The van der Waals surface area contributed by atoms with Gasteiger partial charge in [0.25, 0.3) is 0 Å². The van der Waals surface area contributed by atoms with Gasteiger partial charge in [-0.15, -0.1) is 0 Å². The van der Waals surface area contributed by atoms with E-state index in [-0.39, 0.29) is 17.2 Å². The summed E-state index contributed by atoms with van der Waals surface area (Å²) in [5.41, 5.74) is 7.63. The van der Waals surface area contributed by atoms with Gasteiger partial charge in [-0.25, -0.2) is 4.39 Å². The third-order valence-corrected chi connectivity index (χ3v) is 3.26. The Hall–Kier alpha value is -2.14. The molecule has 0 bridgehead atoms. The van der Waals surface area contributed by atoms with E-state index in [1.165, 1.54) is 12.1 Å². The van der Waals surface area contributed by atoms with Crippen molar-refractivity contribution in [2.75, 3.05) is 7.11 Å². The average Bonchev–Trinajstić information content (AvgIpc) is 2.45. The highest BCUT2D eigenvalue weighted by Crippen LogP contribution is 2.23. The van der Waals surface area contributed by atoms with E-state index in [0.29, 0.717) is 5.75 Å². The number of halogens is 1. The van der Waals surface area contributed by atoms with Gasteiger partial charge >= 0.3 is 0 Å². The molecule has 0 spiro atoms. The molecule has 2 aromatic rings. The first-order valence-electron chi connectivity index (χ1n) is 6.37. The zero-order valence-corrected chi connectivity index (χ0v) is 12.7. The molecule has 2 aromatic carbocycles. The molecule has 3 nitrogen and oxygen atoms in total. The van der Waals surface area contributed by atoms with Crippen LogP contribution in [-0.2, 0) is 6.61 Å². The fourth-order valence-electron chi connectivity index (χ4n) is 1.97. The van der Waals surface area contributed by atoms with Crippen LogP contribution in [0.5, 0.6) is 11.5 Å². The SMILES string of the molecule is COc1ccc(C)cc1COc1ccc(C(N)=S)c(F)c1. The summed E-state index contributed by atoms with van der Waals surface area (Å²) < 4.78 is 24.6. The van der Waals surface area contributed by atoms with Crippen LogP contribution in [0.1, 0.15) is 16.7 Å². The maximum atomic E-state index is 13.8. The fraction of sp³-hybridized carbons (Fsp3) is 0.188. The van der Waals surface area contributed by atoms with Crippen LogP contribution in [0.15, 0.2) is 36.4 Å². The maximum absolute atomic E-state index is 13.8. The molecular formula is C16H16FNO2S. The van der Waals surface area contributed by atoms with Crippen molar-refractivity contribution in [3.8, 4) is 11.5 Å². The Bertz CT molecular complexity index is 673. The highest BCUT2D eigenvalue weighted by molar-refractivity contribution is 7.80. The van der Waals surface area contributed by atoms with E-state index in [4.69, 9.17) is 27.4 Å². The molecule has 110 valence electrons. The second-order valence-corrected chi connectivity index (χ2v) is 5.05. The van der Waals surface area contributed by atoms with Crippen molar-refractivity contribution in [2.24, 2.45) is 5.73 Å². The molecule has 0 aliphatic carbocycles. The molecule has 0 amide bonds. The summed E-state index contributed by atoms with van der Waals surface area (Å²) in [5, 5.41) is 0. The molecule has 0 aliphatic heterocycles. The number of nitrogens with two attached hydrogens (primary N) is 1. The van der Waals surface area contributed by atoms with Crippen LogP contribution in [0.25, 0.3) is 0 Å². The van der Waals surface area contributed by atoms with Gasteiger partial charge in [0.15, 0.2) is 0 Å². The summed E-state index contributed by atoms with van der Waals surface area (Å²) in [4.78, 5) is 0.0272. The van der Waals surface area contributed by atoms with Crippen molar-refractivity contribution < 1.29 is 13.9 Å². The summed E-state index contributed by atoms with van der Waals surface area (Å²) in [7, 11) is 1.60. The first-order valence-corrected chi connectivity index (χ1v) is 6.77. The van der Waals surface area contributed by atoms with Crippen molar-refractivity contribution >= 4 is 17.2 Å². The lowest BCUT2D eigenvalue weighted by molar-refractivity contribution is 0.295. The molecule has 0 fully saturated rings. The Labute approximate surface area is 128 Å². The van der Waals surface area contributed by atoms with E-state index >= 15 is 0 Å². The minimum Gasteiger partial charge on any atom is -0.496 e. The summed E-state index contributed by atoms with van der Waals surface area (Å²) in [6.07, 6.45) is 0. The van der Waals surface area contributed by atoms with Gasteiger partial charge in [0, 0.05) is 17.2 Å². The summed E-state index contributed by atoms with van der Waals surface area (Å²) in [6, 6.07) is 10.2. The Morgan fingerprint density at radius 1 is 1.24 bits per heavy atom. The summed E-state index contributed by atoms with van der Waals surface area (Å²) in [5.74, 6) is 0.660. The lowest BCUT2D eigenvalue weighted by Crippen LogP contribution is -2.11. The van der Waals surface area contributed by atoms with E-state index in [1.807, 2.05) is 25.1 Å². The second-order valence-electron chi connectivity index (χ2n) is 4.61. The zero-order valence-electron chi connectivity index (χ0n) is 11.9. The smallest absolute Gasteiger partial charge is 0.137 e. The van der Waals surface area contributed by atoms with E-state index in [2.05, 4.69) is 0 Å². The van der Waals surface area contributed by atoms with Gasteiger partial charge in [-0.2, -0.15) is 0 Å². The highest BCUT2D eigenvalue weighted by atomic mass is 32.1. The number of benzene rings is 2. The van der Waals surface area contributed by atoms with Crippen LogP contribution >= 0.6 is 12.2 Å². The molecule has 2 rings (SSSR count). The molecule has 0 unspecified atom stereocenters. The number of ether oxygens (including phenoxy) is 2. The fourth-order valence-corrected chi connectivity index (χ4v) is 2.13. The van der Waals surface area contributed by atoms with Crippen LogP contribution in [0.3, 0.4) is 0 Å². The summed E-state index contributed by atoms with van der Waals surface area (Å²) >= 11 is 4.76. The van der Waals surface area contributed by atoms with Crippen LogP contribution in [0.4, 0.5) is 4.39 Å². The number of rotatable bonds is 5. The number of thiocarbonyl (C=S) groups is 1. The van der Waals surface area contributed by atoms with E-state index in [1.54, 1.807) is 13.2 Å². The van der Waals surface area contributed by atoms with E-state index in [9.17, 15) is 4.39 Å². The van der Waals surface area contributed by atoms with Gasteiger partial charge in [0.05, 0.1) is 7.11 Å². The summed E-state index contributed by atoms with van der Waals surface area (Å²) in [6.45, 7) is 2.27. The van der Waals surface area contributed by atoms with Crippen molar-refractivity contribution in [3.05, 3.63) is 58.9 Å². The molecule has 0 aliphatic rings. The van der Waals surface area contributed by atoms with Gasteiger partial charge in [-0.1, -0.05) is 23.8 Å². The third-order valence-electron chi connectivity index (χ3n) is 3.04. The zero-order chi connectivity index (χ0) is 15.4. The first kappa shape index (κ1) is 15.3. The number of hydrogen-bond donors (Lipinski definition) is 1. The van der Waals surface area contributed by atoms with Crippen molar-refractivity contribution in [2.45, 2.75) is 13.5 Å². The van der Waals surface area contributed by atoms with Gasteiger partial charge in [-0.3, -0.25) is 0 Å². The lowest BCUT2D eigenvalue weighted by atomic mass is 10.1. The number of hydrogen-bond acceptors (Lipinski definition) is 3. The molecule has 0 saturated heterocycles. The molecule has 0 radical (unpaired) electrons. The van der Waals surface area contributed by atoms with Crippen molar-refractivity contribution in [1.29, 1.82) is 0 Å². The Balaban J connectivity index is 2.15. The Morgan fingerprint density at radius 2 is 2.00 bits per heavy atom. The van der Waals surface area contributed by atoms with Gasteiger partial charge in [0.1, 0.15) is 28.9 Å². The van der Waals surface area contributed by atoms with Crippen molar-refractivity contribution in [3.63, 3.8) is 0 Å². The van der Waals surface area contributed by atoms with Gasteiger partial charge in [0.2, 0.25) is 0 Å². The van der Waals surface area contributed by atoms with Gasteiger partial charge < -0.3 is 15.2 Å². The molecule has 2 N–H and O–H groups in total. The lowest BCUT2D eigenvalue weighted by Gasteiger charge is -2.12. The molecule has 0 atom stereocenters. The van der Waals surface area contributed by atoms with Crippen molar-refractivity contribution in [1.82, 2.24) is 0 Å². The molecular weight excluding hydrogens is 289 g/mol. The van der Waals surface area contributed by atoms with Crippen LogP contribution < -0.4 is 15.2 Å². The average molecular weight is 305 g/mol. The predicted molar refractivity (Wildman–Crippen MR) is 84.4 cm³/mol. The minimum absolute atomic E-state index is 0.0272. The maximum Gasteiger partial charge on any atom is 0.137 e. The molecule has 21 heavy (non-hydrogen) atoms. The quantitative estimate of drug-likeness (QED) is 0.860. The molecule has 5 heteroatoms. The molecule has 0 saturated carbocycles. The Morgan fingerprint density at radius 3 is 2.62 bits per heavy atom. The van der Waals surface area contributed by atoms with E-state index < -0.39 is 5.82 Å². The second kappa shape index (κ2) is 6.54. The monoisotopic (exact) mass is 305 g/mol. The van der Waals surface area contributed by atoms with Crippen LogP contribution in [-0.4, -0.2) is 12.1 Å².